The van der Waals surface area contributed by atoms with Gasteiger partial charge < -0.3 is 14.4 Å². The van der Waals surface area contributed by atoms with E-state index in [4.69, 9.17) is 21.1 Å². The first kappa shape index (κ1) is 18.7. The molecule has 0 aliphatic carbocycles. The van der Waals surface area contributed by atoms with Crippen LogP contribution in [0.3, 0.4) is 0 Å². The molecule has 24 heavy (non-hydrogen) atoms. The SMILES string of the molecule is CCC(C)/C(=C\c1nc(Cl)nc(N2CCOCC2)c1C)C(=O)OC. The molecule has 0 radical (unpaired) electrons. The predicted octanol–water partition coefficient (Wildman–Crippen LogP) is 2.88. The molecule has 1 aliphatic heterocycles. The summed E-state index contributed by atoms with van der Waals surface area (Å²) < 4.78 is 10.3. The Labute approximate surface area is 147 Å². The molecular weight excluding hydrogens is 330 g/mol. The summed E-state index contributed by atoms with van der Waals surface area (Å²) in [5, 5.41) is 0.168. The topological polar surface area (TPSA) is 64.5 Å². The minimum atomic E-state index is -0.341. The third-order valence-corrected chi connectivity index (χ3v) is 4.47. The van der Waals surface area contributed by atoms with Crippen molar-refractivity contribution in [3.63, 3.8) is 0 Å². The number of ether oxygens (including phenoxy) is 2. The van der Waals surface area contributed by atoms with Crippen molar-refractivity contribution in [2.24, 2.45) is 5.92 Å². The second kappa shape index (κ2) is 8.44. The van der Waals surface area contributed by atoms with Crippen molar-refractivity contribution < 1.29 is 14.3 Å². The molecule has 1 unspecified atom stereocenters. The molecular formula is C17H24ClN3O3. The van der Waals surface area contributed by atoms with Gasteiger partial charge in [0.2, 0.25) is 5.28 Å². The molecule has 0 amide bonds. The van der Waals surface area contributed by atoms with E-state index in [2.05, 4.69) is 14.9 Å². The normalized spacial score (nSPS) is 16.9. The van der Waals surface area contributed by atoms with Crippen molar-refractivity contribution in [3.8, 4) is 0 Å². The summed E-state index contributed by atoms with van der Waals surface area (Å²) in [4.78, 5) is 22.9. The zero-order valence-electron chi connectivity index (χ0n) is 14.6. The molecule has 0 spiro atoms. The zero-order chi connectivity index (χ0) is 17.7. The van der Waals surface area contributed by atoms with Gasteiger partial charge in [-0.2, -0.15) is 0 Å². The van der Waals surface area contributed by atoms with E-state index in [0.717, 1.165) is 30.9 Å². The van der Waals surface area contributed by atoms with Crippen molar-refractivity contribution >= 4 is 29.5 Å². The molecule has 1 atom stereocenters. The van der Waals surface area contributed by atoms with Gasteiger partial charge in [0.15, 0.2) is 0 Å². The molecule has 2 heterocycles. The Morgan fingerprint density at radius 3 is 2.67 bits per heavy atom. The molecule has 1 fully saturated rings. The minimum Gasteiger partial charge on any atom is -0.466 e. The molecule has 6 nitrogen and oxygen atoms in total. The molecule has 2 rings (SSSR count). The van der Waals surface area contributed by atoms with E-state index in [9.17, 15) is 4.79 Å². The van der Waals surface area contributed by atoms with E-state index in [-0.39, 0.29) is 17.2 Å². The number of hydrogen-bond donors (Lipinski definition) is 0. The van der Waals surface area contributed by atoms with Crippen molar-refractivity contribution in [3.05, 3.63) is 22.1 Å². The maximum atomic E-state index is 12.1. The van der Waals surface area contributed by atoms with Gasteiger partial charge in [0.1, 0.15) is 5.82 Å². The van der Waals surface area contributed by atoms with Crippen LogP contribution in [0.15, 0.2) is 5.57 Å². The average Bonchev–Trinajstić information content (AvgIpc) is 2.61. The number of rotatable bonds is 5. The van der Waals surface area contributed by atoms with Gasteiger partial charge in [-0.1, -0.05) is 13.8 Å². The van der Waals surface area contributed by atoms with Crippen molar-refractivity contribution in [2.45, 2.75) is 27.2 Å². The van der Waals surface area contributed by atoms with E-state index in [1.54, 1.807) is 6.08 Å². The molecule has 1 aromatic rings. The third kappa shape index (κ3) is 4.24. The van der Waals surface area contributed by atoms with Crippen LogP contribution in [-0.4, -0.2) is 49.4 Å². The Balaban J connectivity index is 2.46. The Bertz CT molecular complexity index is 628. The van der Waals surface area contributed by atoms with Crippen molar-refractivity contribution in [2.75, 3.05) is 38.3 Å². The van der Waals surface area contributed by atoms with E-state index in [0.29, 0.717) is 24.5 Å². The van der Waals surface area contributed by atoms with E-state index < -0.39 is 0 Å². The predicted molar refractivity (Wildman–Crippen MR) is 94.3 cm³/mol. The number of halogens is 1. The average molecular weight is 354 g/mol. The van der Waals surface area contributed by atoms with Gasteiger partial charge in [-0.15, -0.1) is 0 Å². The molecule has 0 aromatic carbocycles. The largest absolute Gasteiger partial charge is 0.466 e. The summed E-state index contributed by atoms with van der Waals surface area (Å²) in [6.45, 7) is 8.79. The van der Waals surface area contributed by atoms with Gasteiger partial charge in [-0.3, -0.25) is 0 Å². The molecule has 0 bridgehead atoms. The fourth-order valence-corrected chi connectivity index (χ4v) is 2.78. The third-order valence-electron chi connectivity index (χ3n) is 4.30. The van der Waals surface area contributed by atoms with Gasteiger partial charge >= 0.3 is 5.97 Å². The number of hydrogen-bond acceptors (Lipinski definition) is 6. The van der Waals surface area contributed by atoms with Gasteiger partial charge in [0.05, 0.1) is 26.0 Å². The zero-order valence-corrected chi connectivity index (χ0v) is 15.4. The van der Waals surface area contributed by atoms with Crippen molar-refractivity contribution in [1.82, 2.24) is 9.97 Å². The molecule has 0 saturated carbocycles. The fourth-order valence-electron chi connectivity index (χ4n) is 2.61. The maximum Gasteiger partial charge on any atom is 0.334 e. The number of anilines is 1. The molecule has 0 N–H and O–H groups in total. The Morgan fingerprint density at radius 1 is 1.42 bits per heavy atom. The van der Waals surface area contributed by atoms with Gasteiger partial charge in [0, 0.05) is 24.2 Å². The Hall–Kier alpha value is -1.66. The molecule has 7 heteroatoms. The lowest BCUT2D eigenvalue weighted by Gasteiger charge is -2.29. The lowest BCUT2D eigenvalue weighted by molar-refractivity contribution is -0.136. The van der Waals surface area contributed by atoms with E-state index in [1.807, 2.05) is 20.8 Å². The first-order chi connectivity index (χ1) is 11.5. The van der Waals surface area contributed by atoms with Crippen LogP contribution in [0.2, 0.25) is 5.28 Å². The summed E-state index contributed by atoms with van der Waals surface area (Å²) in [7, 11) is 1.39. The number of nitrogens with zero attached hydrogens (tertiary/aromatic N) is 3. The highest BCUT2D eigenvalue weighted by atomic mass is 35.5. The van der Waals surface area contributed by atoms with Crippen LogP contribution in [0.25, 0.3) is 6.08 Å². The van der Waals surface area contributed by atoms with Crippen molar-refractivity contribution in [1.29, 1.82) is 0 Å². The van der Waals surface area contributed by atoms with Gasteiger partial charge in [-0.25, -0.2) is 14.8 Å². The monoisotopic (exact) mass is 353 g/mol. The standard InChI is InChI=1S/C17H24ClN3O3/c1-5-11(2)13(16(22)23-4)10-14-12(3)15(20-17(18)19-14)21-6-8-24-9-7-21/h10-11H,5-9H2,1-4H3/b13-10+. The Morgan fingerprint density at radius 2 is 2.08 bits per heavy atom. The molecule has 1 aromatic heterocycles. The number of carbonyl (C=O) groups excluding carboxylic acids is 1. The summed E-state index contributed by atoms with van der Waals surface area (Å²) in [6.07, 6.45) is 2.60. The molecule has 1 aliphatic rings. The number of carbonyl (C=O) groups is 1. The minimum absolute atomic E-state index is 0.0671. The van der Waals surface area contributed by atoms with Crippen LogP contribution in [0.1, 0.15) is 31.5 Å². The van der Waals surface area contributed by atoms with Crippen LogP contribution >= 0.6 is 11.6 Å². The highest BCUT2D eigenvalue weighted by molar-refractivity contribution is 6.28. The quantitative estimate of drug-likeness (QED) is 0.460. The van der Waals surface area contributed by atoms with E-state index in [1.165, 1.54) is 7.11 Å². The van der Waals surface area contributed by atoms with Crippen LogP contribution in [0.4, 0.5) is 5.82 Å². The van der Waals surface area contributed by atoms with Crippen LogP contribution < -0.4 is 4.90 Å². The van der Waals surface area contributed by atoms with Crippen LogP contribution in [0, 0.1) is 12.8 Å². The highest BCUT2D eigenvalue weighted by Gasteiger charge is 2.21. The number of methoxy groups -OCH3 is 1. The van der Waals surface area contributed by atoms with Gasteiger partial charge in [0.25, 0.3) is 0 Å². The molecule has 1 saturated heterocycles. The van der Waals surface area contributed by atoms with Gasteiger partial charge in [-0.05, 0) is 36.9 Å². The Kier molecular flexibility index (Phi) is 6.57. The highest BCUT2D eigenvalue weighted by Crippen LogP contribution is 2.26. The number of aromatic nitrogens is 2. The molecule has 132 valence electrons. The second-order valence-corrected chi connectivity index (χ2v) is 6.16. The summed E-state index contributed by atoms with van der Waals surface area (Å²) in [5.41, 5.74) is 2.13. The summed E-state index contributed by atoms with van der Waals surface area (Å²) in [6, 6.07) is 0. The lowest BCUT2D eigenvalue weighted by atomic mass is 9.96. The number of morpholine rings is 1. The smallest absolute Gasteiger partial charge is 0.334 e. The summed E-state index contributed by atoms with van der Waals surface area (Å²) >= 11 is 6.13. The number of esters is 1. The first-order valence-electron chi connectivity index (χ1n) is 8.14. The summed E-state index contributed by atoms with van der Waals surface area (Å²) in [5.74, 6) is 0.516. The second-order valence-electron chi connectivity index (χ2n) is 5.83. The van der Waals surface area contributed by atoms with Crippen LogP contribution in [0.5, 0.6) is 0 Å². The lowest BCUT2D eigenvalue weighted by Crippen LogP contribution is -2.37. The van der Waals surface area contributed by atoms with E-state index >= 15 is 0 Å². The van der Waals surface area contributed by atoms with Crippen LogP contribution in [-0.2, 0) is 14.3 Å². The maximum absolute atomic E-state index is 12.1. The first-order valence-corrected chi connectivity index (χ1v) is 8.52. The fraction of sp³-hybridized carbons (Fsp3) is 0.588.